The molecule has 0 atom stereocenters. The summed E-state index contributed by atoms with van der Waals surface area (Å²) in [6, 6.07) is 13.3. The van der Waals surface area contributed by atoms with E-state index in [-0.39, 0.29) is 5.41 Å². The highest BCUT2D eigenvalue weighted by Crippen LogP contribution is 2.45. The Hall–Kier alpha value is -2.08. The second-order valence-corrected chi connectivity index (χ2v) is 8.74. The van der Waals surface area contributed by atoms with Gasteiger partial charge in [-0.15, -0.1) is 0 Å². The summed E-state index contributed by atoms with van der Waals surface area (Å²) in [5.74, 6) is 0. The molecule has 0 fully saturated rings. The van der Waals surface area contributed by atoms with Gasteiger partial charge in [0.2, 0.25) is 0 Å². The minimum absolute atomic E-state index is 0.0497. The topological polar surface area (TPSA) is 0 Å². The van der Waals surface area contributed by atoms with Crippen LogP contribution in [0, 0.1) is 5.41 Å². The van der Waals surface area contributed by atoms with Gasteiger partial charge in [-0.05, 0) is 52.7 Å². The lowest BCUT2D eigenvalue weighted by Crippen LogP contribution is -2.16. The molecule has 1 aliphatic rings. The monoisotopic (exact) mass is 344 g/mol. The van der Waals surface area contributed by atoms with Crippen molar-refractivity contribution < 1.29 is 0 Å². The van der Waals surface area contributed by atoms with Crippen LogP contribution in [0.2, 0.25) is 0 Å². The Bertz CT molecular complexity index is 901. The molecule has 0 spiro atoms. The van der Waals surface area contributed by atoms with E-state index in [1.807, 2.05) is 0 Å². The van der Waals surface area contributed by atoms with E-state index in [4.69, 9.17) is 0 Å². The smallest absolute Gasteiger partial charge is 0.0158 e. The van der Waals surface area contributed by atoms with Crippen LogP contribution in [0.1, 0.15) is 65.5 Å². The van der Waals surface area contributed by atoms with Crippen LogP contribution in [0.25, 0.3) is 16.8 Å². The highest BCUT2D eigenvalue weighted by atomic mass is 14.4. The van der Waals surface area contributed by atoms with Crippen molar-refractivity contribution >= 4 is 16.8 Å². The van der Waals surface area contributed by atoms with Crippen molar-refractivity contribution in [3.05, 3.63) is 76.9 Å². The Morgan fingerprint density at radius 3 is 2.54 bits per heavy atom. The van der Waals surface area contributed by atoms with E-state index in [1.165, 1.54) is 39.5 Å². The van der Waals surface area contributed by atoms with Gasteiger partial charge in [-0.25, -0.2) is 0 Å². The first-order chi connectivity index (χ1) is 12.3. The third-order valence-corrected chi connectivity index (χ3v) is 6.43. The fourth-order valence-corrected chi connectivity index (χ4v) is 3.85. The zero-order chi connectivity index (χ0) is 18.9. The van der Waals surface area contributed by atoms with Crippen molar-refractivity contribution in [1.82, 2.24) is 0 Å². The first-order valence-electron chi connectivity index (χ1n) is 9.85. The largest absolute Gasteiger partial charge is 0.0813 e. The van der Waals surface area contributed by atoms with Crippen LogP contribution < -0.4 is 0 Å². The lowest BCUT2D eigenvalue weighted by Gasteiger charge is -2.25. The van der Waals surface area contributed by atoms with Gasteiger partial charge in [0.05, 0.1) is 0 Å². The first-order valence-corrected chi connectivity index (χ1v) is 9.85. The van der Waals surface area contributed by atoms with Gasteiger partial charge in [0, 0.05) is 5.41 Å². The molecule has 3 rings (SSSR count). The zero-order valence-corrected chi connectivity index (χ0v) is 17.2. The molecule has 136 valence electrons. The summed E-state index contributed by atoms with van der Waals surface area (Å²) in [5, 5.41) is 2.72. The van der Waals surface area contributed by atoms with Crippen LogP contribution in [0.5, 0.6) is 0 Å². The van der Waals surface area contributed by atoms with Crippen LogP contribution in [-0.4, -0.2) is 0 Å². The van der Waals surface area contributed by atoms with Crippen molar-refractivity contribution in [2.75, 3.05) is 0 Å². The molecule has 0 saturated carbocycles. The van der Waals surface area contributed by atoms with Gasteiger partial charge in [-0.1, -0.05) is 101 Å². The molecule has 0 heterocycles. The van der Waals surface area contributed by atoms with E-state index in [1.54, 1.807) is 0 Å². The molecule has 2 aromatic rings. The lowest BCUT2D eigenvalue weighted by atomic mass is 9.79. The fraction of sp³-hybridized carbons (Fsp3) is 0.385. The molecule has 26 heavy (non-hydrogen) atoms. The number of hydrogen-bond acceptors (Lipinski definition) is 0. The highest BCUT2D eigenvalue weighted by Gasteiger charge is 2.32. The fourth-order valence-electron chi connectivity index (χ4n) is 3.85. The Balaban J connectivity index is 1.84. The SMILES string of the molecule is CCC(C)(C)/C(C)=C/C/C=C/C1=Cc2ccc3ccccc3c2C1(C)C. The molecule has 0 radical (unpaired) electrons. The van der Waals surface area contributed by atoms with E-state index in [0.717, 1.165) is 6.42 Å². The third kappa shape index (κ3) is 3.30. The lowest BCUT2D eigenvalue weighted by molar-refractivity contribution is 0.428. The third-order valence-electron chi connectivity index (χ3n) is 6.43. The second-order valence-electron chi connectivity index (χ2n) is 8.74. The summed E-state index contributed by atoms with van der Waals surface area (Å²) < 4.78 is 0. The maximum Gasteiger partial charge on any atom is 0.0158 e. The number of allylic oxidation sites excluding steroid dienone is 5. The molecular weight excluding hydrogens is 312 g/mol. The molecule has 0 nitrogen and oxygen atoms in total. The van der Waals surface area contributed by atoms with E-state index >= 15 is 0 Å². The molecule has 2 aromatic carbocycles. The van der Waals surface area contributed by atoms with Crippen molar-refractivity contribution in [2.45, 2.75) is 59.8 Å². The first kappa shape index (κ1) is 18.7. The summed E-state index contributed by atoms with van der Waals surface area (Å²) in [6.07, 6.45) is 11.6. The van der Waals surface area contributed by atoms with E-state index in [2.05, 4.69) is 102 Å². The van der Waals surface area contributed by atoms with E-state index in [0.29, 0.717) is 5.41 Å². The van der Waals surface area contributed by atoms with E-state index < -0.39 is 0 Å². The van der Waals surface area contributed by atoms with Gasteiger partial charge in [0.15, 0.2) is 0 Å². The van der Waals surface area contributed by atoms with Gasteiger partial charge in [0.25, 0.3) is 0 Å². The van der Waals surface area contributed by atoms with Crippen LogP contribution in [0.3, 0.4) is 0 Å². The van der Waals surface area contributed by atoms with Crippen molar-refractivity contribution in [3.8, 4) is 0 Å². The summed E-state index contributed by atoms with van der Waals surface area (Å²) in [4.78, 5) is 0. The van der Waals surface area contributed by atoms with Gasteiger partial charge in [-0.3, -0.25) is 0 Å². The van der Waals surface area contributed by atoms with Crippen LogP contribution in [0.15, 0.2) is 65.8 Å². The van der Waals surface area contributed by atoms with Gasteiger partial charge < -0.3 is 0 Å². The Kier molecular flexibility index (Phi) is 4.97. The van der Waals surface area contributed by atoms with Gasteiger partial charge >= 0.3 is 0 Å². The molecule has 0 unspecified atom stereocenters. The molecule has 0 heteroatoms. The normalized spacial score (nSPS) is 17.0. The second kappa shape index (κ2) is 6.91. The van der Waals surface area contributed by atoms with Crippen molar-refractivity contribution in [1.29, 1.82) is 0 Å². The van der Waals surface area contributed by atoms with Crippen molar-refractivity contribution in [3.63, 3.8) is 0 Å². The molecule has 0 aliphatic heterocycles. The summed E-state index contributed by atoms with van der Waals surface area (Å²) in [6.45, 7) is 13.9. The van der Waals surface area contributed by atoms with Gasteiger partial charge in [-0.2, -0.15) is 0 Å². The quantitative estimate of drug-likeness (QED) is 0.484. The summed E-state index contributed by atoms with van der Waals surface area (Å²) >= 11 is 0. The standard InChI is InChI=1S/C26H32/c1-7-25(3,4)19(2)12-8-10-14-22-18-21-17-16-20-13-9-11-15-23(20)24(21)26(22,5)6/h9-18H,7-8H2,1-6H3/b14-10+,19-12+. The molecule has 0 amide bonds. The Labute approximate surface area is 159 Å². The number of rotatable bonds is 5. The summed E-state index contributed by atoms with van der Waals surface area (Å²) in [7, 11) is 0. The van der Waals surface area contributed by atoms with Gasteiger partial charge in [0.1, 0.15) is 0 Å². The maximum absolute atomic E-state index is 2.38. The zero-order valence-electron chi connectivity index (χ0n) is 17.2. The average Bonchev–Trinajstić information content (AvgIpc) is 2.89. The number of fused-ring (bicyclic) bond motifs is 3. The molecule has 0 N–H and O–H groups in total. The summed E-state index contributed by atoms with van der Waals surface area (Å²) in [5.41, 5.74) is 6.08. The Morgan fingerprint density at radius 2 is 1.81 bits per heavy atom. The van der Waals surface area contributed by atoms with Crippen molar-refractivity contribution in [2.24, 2.45) is 5.41 Å². The molecule has 1 aliphatic carbocycles. The highest BCUT2D eigenvalue weighted by molar-refractivity contribution is 5.93. The predicted molar refractivity (Wildman–Crippen MR) is 117 cm³/mol. The minimum atomic E-state index is 0.0497. The Morgan fingerprint density at radius 1 is 1.08 bits per heavy atom. The number of benzene rings is 2. The van der Waals surface area contributed by atoms with Crippen LogP contribution in [0.4, 0.5) is 0 Å². The van der Waals surface area contributed by atoms with E-state index in [9.17, 15) is 0 Å². The average molecular weight is 345 g/mol. The molecule has 0 aromatic heterocycles. The maximum atomic E-state index is 2.38. The van der Waals surface area contributed by atoms with Crippen LogP contribution in [-0.2, 0) is 5.41 Å². The molecule has 0 bridgehead atoms. The minimum Gasteiger partial charge on any atom is -0.0813 e. The molecular formula is C26H32. The molecule has 0 saturated heterocycles. The number of hydrogen-bond donors (Lipinski definition) is 0. The van der Waals surface area contributed by atoms with Crippen LogP contribution >= 0.6 is 0 Å². The predicted octanol–water partition coefficient (Wildman–Crippen LogP) is 7.84.